The zero-order valence-electron chi connectivity index (χ0n) is 12.1. The van der Waals surface area contributed by atoms with E-state index in [2.05, 4.69) is 25.2 Å². The standard InChI is InChI=1S/C10H15NS2.2C2H6/c1-3-11-9-4-5-12-10-8(9)6-7(2)13-10;2*1-2/h6,9,11H,3-5H2,1-2H3;2*1-2H3. The molecule has 0 saturated carbocycles. The predicted octanol–water partition coefficient (Wildman–Crippen LogP) is 5.26. The number of nitrogens with one attached hydrogen (secondary N) is 1. The molecule has 17 heavy (non-hydrogen) atoms. The molecule has 100 valence electrons. The predicted molar refractivity (Wildman–Crippen MR) is 83.5 cm³/mol. The Morgan fingerprint density at radius 2 is 1.94 bits per heavy atom. The summed E-state index contributed by atoms with van der Waals surface area (Å²) in [5.41, 5.74) is 1.54. The van der Waals surface area contributed by atoms with Crippen molar-refractivity contribution in [2.75, 3.05) is 12.3 Å². The lowest BCUT2D eigenvalue weighted by Gasteiger charge is -2.22. The molecule has 1 nitrogen and oxygen atoms in total. The summed E-state index contributed by atoms with van der Waals surface area (Å²) in [6, 6.07) is 2.96. The summed E-state index contributed by atoms with van der Waals surface area (Å²) < 4.78 is 1.54. The van der Waals surface area contributed by atoms with Crippen LogP contribution in [0.5, 0.6) is 0 Å². The van der Waals surface area contributed by atoms with Gasteiger partial charge in [-0.15, -0.1) is 23.1 Å². The van der Waals surface area contributed by atoms with Crippen molar-refractivity contribution >= 4 is 23.1 Å². The lowest BCUT2D eigenvalue weighted by Crippen LogP contribution is -2.23. The van der Waals surface area contributed by atoms with E-state index in [1.807, 2.05) is 50.8 Å². The van der Waals surface area contributed by atoms with E-state index in [1.165, 1.54) is 21.3 Å². The first-order chi connectivity index (χ1) is 8.31. The number of hydrogen-bond donors (Lipinski definition) is 1. The van der Waals surface area contributed by atoms with Gasteiger partial charge in [-0.1, -0.05) is 34.6 Å². The van der Waals surface area contributed by atoms with Crippen molar-refractivity contribution in [3.8, 4) is 0 Å². The van der Waals surface area contributed by atoms with E-state index >= 15 is 0 Å². The van der Waals surface area contributed by atoms with Crippen LogP contribution in [0.4, 0.5) is 0 Å². The Bertz CT molecular complexity index is 294. The highest BCUT2D eigenvalue weighted by molar-refractivity contribution is 8.01. The van der Waals surface area contributed by atoms with Crippen LogP contribution in [-0.2, 0) is 0 Å². The van der Waals surface area contributed by atoms with E-state index < -0.39 is 0 Å². The minimum Gasteiger partial charge on any atom is -0.310 e. The van der Waals surface area contributed by atoms with Crippen LogP contribution in [0.15, 0.2) is 10.3 Å². The molecule has 1 aliphatic rings. The molecule has 1 atom stereocenters. The summed E-state index contributed by atoms with van der Waals surface area (Å²) in [6.45, 7) is 13.5. The van der Waals surface area contributed by atoms with Gasteiger partial charge in [-0.05, 0) is 31.5 Å². The Morgan fingerprint density at radius 1 is 1.29 bits per heavy atom. The van der Waals surface area contributed by atoms with Gasteiger partial charge < -0.3 is 5.32 Å². The van der Waals surface area contributed by atoms with Crippen molar-refractivity contribution in [2.24, 2.45) is 0 Å². The highest BCUT2D eigenvalue weighted by Gasteiger charge is 2.21. The third-order valence-electron chi connectivity index (χ3n) is 2.31. The first kappa shape index (κ1) is 17.0. The molecule has 1 unspecified atom stereocenters. The molecule has 1 N–H and O–H groups in total. The number of thiophene rings is 1. The summed E-state index contributed by atoms with van der Waals surface area (Å²) in [4.78, 5) is 1.45. The molecule has 0 spiro atoms. The van der Waals surface area contributed by atoms with E-state index in [0.717, 1.165) is 6.54 Å². The van der Waals surface area contributed by atoms with Crippen LogP contribution in [0.2, 0.25) is 0 Å². The molecule has 1 aliphatic heterocycles. The summed E-state index contributed by atoms with van der Waals surface area (Å²) >= 11 is 3.96. The van der Waals surface area contributed by atoms with Gasteiger partial charge in [0.15, 0.2) is 0 Å². The maximum Gasteiger partial charge on any atom is 0.0649 e. The van der Waals surface area contributed by atoms with E-state index in [4.69, 9.17) is 0 Å². The van der Waals surface area contributed by atoms with Crippen molar-refractivity contribution in [2.45, 2.75) is 58.2 Å². The fourth-order valence-electron chi connectivity index (χ4n) is 1.75. The second kappa shape index (κ2) is 9.98. The minimum absolute atomic E-state index is 0.617. The van der Waals surface area contributed by atoms with Gasteiger partial charge >= 0.3 is 0 Å². The van der Waals surface area contributed by atoms with Crippen LogP contribution in [0.25, 0.3) is 0 Å². The third-order valence-corrected chi connectivity index (χ3v) is 4.72. The zero-order chi connectivity index (χ0) is 13.3. The second-order valence-electron chi connectivity index (χ2n) is 3.35. The highest BCUT2D eigenvalue weighted by Crippen LogP contribution is 2.41. The van der Waals surface area contributed by atoms with Crippen LogP contribution >= 0.6 is 23.1 Å². The Morgan fingerprint density at radius 3 is 2.53 bits per heavy atom. The van der Waals surface area contributed by atoms with Gasteiger partial charge in [-0.3, -0.25) is 0 Å². The molecule has 1 aromatic rings. The van der Waals surface area contributed by atoms with Crippen molar-refractivity contribution in [3.63, 3.8) is 0 Å². The molecule has 0 bridgehead atoms. The summed E-state index contributed by atoms with van der Waals surface area (Å²) in [5, 5.41) is 3.55. The molecule has 0 saturated heterocycles. The van der Waals surface area contributed by atoms with Crippen molar-refractivity contribution in [3.05, 3.63) is 16.5 Å². The molecule has 1 aromatic heterocycles. The van der Waals surface area contributed by atoms with Gasteiger partial charge in [-0.2, -0.15) is 0 Å². The Balaban J connectivity index is 0.000000581. The maximum atomic E-state index is 3.55. The average Bonchev–Trinajstić information content (AvgIpc) is 2.76. The Hall–Kier alpha value is 0.0100. The maximum absolute atomic E-state index is 3.55. The lowest BCUT2D eigenvalue weighted by molar-refractivity contribution is 0.531. The number of fused-ring (bicyclic) bond motifs is 1. The van der Waals surface area contributed by atoms with Gasteiger partial charge in [0.1, 0.15) is 0 Å². The molecule has 0 amide bonds. The SMILES string of the molecule is CC.CC.CCNC1CCSc2sc(C)cc21. The monoisotopic (exact) mass is 273 g/mol. The molecule has 2 rings (SSSR count). The van der Waals surface area contributed by atoms with Crippen LogP contribution < -0.4 is 5.32 Å². The minimum atomic E-state index is 0.617. The molecule has 0 aromatic carbocycles. The topological polar surface area (TPSA) is 12.0 Å². The van der Waals surface area contributed by atoms with Crippen molar-refractivity contribution < 1.29 is 0 Å². The summed E-state index contributed by atoms with van der Waals surface area (Å²) in [5.74, 6) is 1.27. The normalized spacial score (nSPS) is 17.2. The number of thioether (sulfide) groups is 1. The average molecular weight is 274 g/mol. The Kier molecular flexibility index (Phi) is 9.99. The molecule has 0 fully saturated rings. The molecule has 2 heterocycles. The van der Waals surface area contributed by atoms with Crippen LogP contribution in [0, 0.1) is 6.92 Å². The Labute approximate surface area is 115 Å². The van der Waals surface area contributed by atoms with Gasteiger partial charge in [0, 0.05) is 16.7 Å². The molecule has 3 heteroatoms. The quantitative estimate of drug-likeness (QED) is 0.789. The number of aryl methyl sites for hydroxylation is 1. The molecular formula is C14H27NS2. The van der Waals surface area contributed by atoms with Crippen molar-refractivity contribution in [1.82, 2.24) is 5.32 Å². The van der Waals surface area contributed by atoms with Gasteiger partial charge in [0.2, 0.25) is 0 Å². The smallest absolute Gasteiger partial charge is 0.0649 e. The summed E-state index contributed by atoms with van der Waals surface area (Å²) in [7, 11) is 0. The zero-order valence-corrected chi connectivity index (χ0v) is 13.7. The van der Waals surface area contributed by atoms with E-state index in [-0.39, 0.29) is 0 Å². The second-order valence-corrected chi connectivity index (χ2v) is 5.97. The number of rotatable bonds is 2. The van der Waals surface area contributed by atoms with Crippen LogP contribution in [0.1, 0.15) is 57.5 Å². The highest BCUT2D eigenvalue weighted by atomic mass is 32.2. The first-order valence-corrected chi connectivity index (χ1v) is 8.58. The lowest BCUT2D eigenvalue weighted by atomic mass is 10.1. The van der Waals surface area contributed by atoms with E-state index in [9.17, 15) is 0 Å². The fraction of sp³-hybridized carbons (Fsp3) is 0.714. The van der Waals surface area contributed by atoms with E-state index in [0.29, 0.717) is 6.04 Å². The number of hydrogen-bond acceptors (Lipinski definition) is 3. The molecule has 0 radical (unpaired) electrons. The molecular weight excluding hydrogens is 246 g/mol. The van der Waals surface area contributed by atoms with Gasteiger partial charge in [0.25, 0.3) is 0 Å². The van der Waals surface area contributed by atoms with Crippen LogP contribution in [-0.4, -0.2) is 12.3 Å². The van der Waals surface area contributed by atoms with Crippen LogP contribution in [0.3, 0.4) is 0 Å². The van der Waals surface area contributed by atoms with E-state index in [1.54, 1.807) is 5.56 Å². The first-order valence-electron chi connectivity index (χ1n) is 6.77. The van der Waals surface area contributed by atoms with Crippen molar-refractivity contribution in [1.29, 1.82) is 0 Å². The largest absolute Gasteiger partial charge is 0.310 e. The van der Waals surface area contributed by atoms with Gasteiger partial charge in [0.05, 0.1) is 4.21 Å². The van der Waals surface area contributed by atoms with Gasteiger partial charge in [-0.25, -0.2) is 0 Å². The summed E-state index contributed by atoms with van der Waals surface area (Å²) in [6.07, 6.45) is 1.28. The third kappa shape index (κ3) is 5.02. The molecule has 0 aliphatic carbocycles. The fourth-order valence-corrected chi connectivity index (χ4v) is 4.34.